The molecule has 0 unspecified atom stereocenters. The number of aromatic nitrogens is 3. The van der Waals surface area contributed by atoms with E-state index in [0.29, 0.717) is 27.5 Å². The summed E-state index contributed by atoms with van der Waals surface area (Å²) in [6.45, 7) is 7.66. The number of anilines is 1. The Morgan fingerprint density at radius 3 is 2.72 bits per heavy atom. The summed E-state index contributed by atoms with van der Waals surface area (Å²) in [6, 6.07) is 11.7. The van der Waals surface area contributed by atoms with Gasteiger partial charge in [0.2, 0.25) is 0 Å². The van der Waals surface area contributed by atoms with Crippen molar-refractivity contribution in [1.82, 2.24) is 14.5 Å². The summed E-state index contributed by atoms with van der Waals surface area (Å²) < 4.78 is 3.00. The minimum absolute atomic E-state index is 0.0421. The first-order valence-electron chi connectivity index (χ1n) is 10.5. The van der Waals surface area contributed by atoms with Crippen molar-refractivity contribution in [3.63, 3.8) is 0 Å². The SMILES string of the molecule is Cc1cc(Cl)cc2sc(N(CCCn3ccnc3)C(=O)c3ccc(SC(C)C)cc3)nc12. The third kappa shape index (κ3) is 5.34. The van der Waals surface area contributed by atoms with E-state index in [2.05, 4.69) is 18.8 Å². The summed E-state index contributed by atoms with van der Waals surface area (Å²) in [5.41, 5.74) is 2.57. The number of hydrogen-bond donors (Lipinski definition) is 0. The summed E-state index contributed by atoms with van der Waals surface area (Å²) in [5, 5.41) is 1.87. The fourth-order valence-electron chi connectivity index (χ4n) is 3.48. The number of carbonyl (C=O) groups is 1. The van der Waals surface area contributed by atoms with Gasteiger partial charge in [-0.3, -0.25) is 9.69 Å². The van der Waals surface area contributed by atoms with Crippen LogP contribution in [0.4, 0.5) is 5.13 Å². The second kappa shape index (κ2) is 10.1. The van der Waals surface area contributed by atoms with Crippen molar-refractivity contribution in [3.8, 4) is 0 Å². The predicted molar refractivity (Wildman–Crippen MR) is 135 cm³/mol. The summed E-state index contributed by atoms with van der Waals surface area (Å²) >= 11 is 9.54. The van der Waals surface area contributed by atoms with Crippen LogP contribution in [0.2, 0.25) is 5.02 Å². The van der Waals surface area contributed by atoms with Gasteiger partial charge in [-0.25, -0.2) is 9.97 Å². The van der Waals surface area contributed by atoms with Crippen LogP contribution >= 0.6 is 34.7 Å². The third-order valence-electron chi connectivity index (χ3n) is 4.95. The molecule has 8 heteroatoms. The van der Waals surface area contributed by atoms with Crippen LogP contribution in [-0.2, 0) is 6.54 Å². The molecule has 0 N–H and O–H groups in total. The molecular weight excluding hydrogens is 460 g/mol. The largest absolute Gasteiger partial charge is 0.337 e. The van der Waals surface area contributed by atoms with E-state index >= 15 is 0 Å². The average Bonchev–Trinajstić information content (AvgIpc) is 3.41. The molecule has 166 valence electrons. The first-order chi connectivity index (χ1) is 15.4. The zero-order valence-electron chi connectivity index (χ0n) is 18.3. The van der Waals surface area contributed by atoms with E-state index < -0.39 is 0 Å². The molecule has 5 nitrogen and oxygen atoms in total. The lowest BCUT2D eigenvalue weighted by Crippen LogP contribution is -2.32. The molecule has 0 aliphatic carbocycles. The Hall–Kier alpha value is -2.35. The number of fused-ring (bicyclic) bond motifs is 1. The molecule has 4 rings (SSSR count). The van der Waals surface area contributed by atoms with E-state index in [1.54, 1.807) is 29.2 Å². The van der Waals surface area contributed by atoms with Crippen molar-refractivity contribution in [2.45, 2.75) is 43.9 Å². The van der Waals surface area contributed by atoms with Crippen molar-refractivity contribution in [2.24, 2.45) is 0 Å². The van der Waals surface area contributed by atoms with E-state index in [9.17, 15) is 4.79 Å². The molecule has 0 aliphatic rings. The Kier molecular flexibility index (Phi) is 7.18. The standard InChI is InChI=1S/C24H25ClN4OS2/c1-16(2)31-20-7-5-18(6-8-20)23(30)29(11-4-10-28-12-9-26-15-28)24-27-22-17(3)13-19(25)14-21(22)32-24/h5-9,12-16H,4,10-11H2,1-3H3. The van der Waals surface area contributed by atoms with Crippen LogP contribution in [0.25, 0.3) is 10.2 Å². The number of halogens is 1. The second-order valence-corrected chi connectivity index (χ2v) is 11.0. The van der Waals surface area contributed by atoms with Crippen molar-refractivity contribution in [3.05, 3.63) is 71.3 Å². The Balaban J connectivity index is 1.62. The van der Waals surface area contributed by atoms with Gasteiger partial charge < -0.3 is 4.57 Å². The highest BCUT2D eigenvalue weighted by molar-refractivity contribution is 7.99. The minimum Gasteiger partial charge on any atom is -0.337 e. The molecule has 32 heavy (non-hydrogen) atoms. The number of amides is 1. The number of carbonyl (C=O) groups excluding carboxylic acids is 1. The van der Waals surface area contributed by atoms with Crippen molar-refractivity contribution >= 4 is 56.0 Å². The summed E-state index contributed by atoms with van der Waals surface area (Å²) in [4.78, 5) is 25.4. The van der Waals surface area contributed by atoms with Gasteiger partial charge in [0.25, 0.3) is 5.91 Å². The first-order valence-corrected chi connectivity index (χ1v) is 12.6. The highest BCUT2D eigenvalue weighted by Gasteiger charge is 2.22. The zero-order chi connectivity index (χ0) is 22.7. The number of imidazole rings is 1. The molecule has 0 atom stereocenters. The third-order valence-corrected chi connectivity index (χ3v) is 7.20. The topological polar surface area (TPSA) is 51.0 Å². The predicted octanol–water partition coefficient (Wildman–Crippen LogP) is 6.69. The number of thioether (sulfide) groups is 1. The van der Waals surface area contributed by atoms with Crippen LogP contribution < -0.4 is 4.90 Å². The molecule has 0 saturated carbocycles. The van der Waals surface area contributed by atoms with Gasteiger partial charge in [-0.2, -0.15) is 0 Å². The van der Waals surface area contributed by atoms with Crippen LogP contribution in [0, 0.1) is 6.92 Å². The molecule has 0 bridgehead atoms. The Morgan fingerprint density at radius 2 is 2.03 bits per heavy atom. The molecular formula is C24H25ClN4OS2. The number of hydrogen-bond acceptors (Lipinski definition) is 5. The van der Waals surface area contributed by atoms with Crippen LogP contribution in [0.5, 0.6) is 0 Å². The number of nitrogens with zero attached hydrogens (tertiary/aromatic N) is 4. The van der Waals surface area contributed by atoms with Crippen LogP contribution in [0.1, 0.15) is 36.2 Å². The quantitative estimate of drug-likeness (QED) is 0.261. The maximum atomic E-state index is 13.5. The van der Waals surface area contributed by atoms with Crippen molar-refractivity contribution in [2.75, 3.05) is 11.4 Å². The van der Waals surface area contributed by atoms with Crippen LogP contribution in [0.3, 0.4) is 0 Å². The van der Waals surface area contributed by atoms with Crippen molar-refractivity contribution in [1.29, 1.82) is 0 Å². The highest BCUT2D eigenvalue weighted by atomic mass is 35.5. The van der Waals surface area contributed by atoms with E-state index in [1.807, 2.05) is 54.1 Å². The number of benzene rings is 2. The summed E-state index contributed by atoms with van der Waals surface area (Å²) in [7, 11) is 0. The molecule has 0 saturated heterocycles. The normalized spacial score (nSPS) is 11.4. The maximum absolute atomic E-state index is 13.5. The van der Waals surface area contributed by atoms with Crippen molar-refractivity contribution < 1.29 is 4.79 Å². The molecule has 0 aliphatic heterocycles. The number of thiazole rings is 1. The van der Waals surface area contributed by atoms with Gasteiger partial charge in [0.15, 0.2) is 5.13 Å². The molecule has 2 heterocycles. The molecule has 0 radical (unpaired) electrons. The van der Waals surface area contributed by atoms with Gasteiger partial charge in [0.05, 0.1) is 16.5 Å². The van der Waals surface area contributed by atoms with E-state index in [1.165, 1.54) is 11.3 Å². The Morgan fingerprint density at radius 1 is 1.25 bits per heavy atom. The first kappa shape index (κ1) is 22.8. The van der Waals surface area contributed by atoms with E-state index in [-0.39, 0.29) is 5.91 Å². The second-order valence-electron chi connectivity index (χ2n) is 7.87. The zero-order valence-corrected chi connectivity index (χ0v) is 20.7. The Bertz CT molecular complexity index is 1200. The lowest BCUT2D eigenvalue weighted by molar-refractivity contribution is 0.0986. The number of aryl methyl sites for hydroxylation is 2. The van der Waals surface area contributed by atoms with Gasteiger partial charge >= 0.3 is 0 Å². The Labute approximate surface area is 201 Å². The fourth-order valence-corrected chi connectivity index (χ4v) is 5.76. The molecule has 0 spiro atoms. The van der Waals surface area contributed by atoms with Gasteiger partial charge in [0, 0.05) is 46.2 Å². The van der Waals surface area contributed by atoms with Gasteiger partial charge in [0.1, 0.15) is 0 Å². The molecule has 2 aromatic carbocycles. The van der Waals surface area contributed by atoms with Crippen LogP contribution in [0.15, 0.2) is 60.0 Å². The smallest absolute Gasteiger partial charge is 0.260 e. The molecule has 2 aromatic heterocycles. The molecule has 4 aromatic rings. The molecule has 0 fully saturated rings. The lowest BCUT2D eigenvalue weighted by Gasteiger charge is -2.20. The van der Waals surface area contributed by atoms with Gasteiger partial charge in [-0.05, 0) is 55.3 Å². The highest BCUT2D eigenvalue weighted by Crippen LogP contribution is 2.34. The van der Waals surface area contributed by atoms with Crippen LogP contribution in [-0.4, -0.2) is 32.2 Å². The lowest BCUT2D eigenvalue weighted by atomic mass is 10.2. The maximum Gasteiger partial charge on any atom is 0.260 e. The van der Waals surface area contributed by atoms with E-state index in [4.69, 9.17) is 16.6 Å². The summed E-state index contributed by atoms with van der Waals surface area (Å²) in [5.74, 6) is -0.0421. The average molecular weight is 485 g/mol. The minimum atomic E-state index is -0.0421. The van der Waals surface area contributed by atoms with Gasteiger partial charge in [-0.1, -0.05) is 36.8 Å². The molecule has 1 amide bonds. The number of rotatable bonds is 8. The summed E-state index contributed by atoms with van der Waals surface area (Å²) in [6.07, 6.45) is 6.28. The fraction of sp³-hybridized carbons (Fsp3) is 0.292. The van der Waals surface area contributed by atoms with Gasteiger partial charge in [-0.15, -0.1) is 11.8 Å². The monoisotopic (exact) mass is 484 g/mol. The van der Waals surface area contributed by atoms with E-state index in [0.717, 1.165) is 33.6 Å².